The van der Waals surface area contributed by atoms with Crippen LogP contribution < -0.4 is 0 Å². The van der Waals surface area contributed by atoms with Gasteiger partial charge in [0.05, 0.1) is 6.54 Å². The average Bonchev–Trinajstić information content (AvgIpc) is 2.03. The van der Waals surface area contributed by atoms with Crippen LogP contribution in [0, 0.1) is 0 Å². The summed E-state index contributed by atoms with van der Waals surface area (Å²) in [5.41, 5.74) is 0. The minimum absolute atomic E-state index is 0.00968. The van der Waals surface area contributed by atoms with Crippen molar-refractivity contribution in [2.45, 2.75) is 6.92 Å². The van der Waals surface area contributed by atoms with Crippen LogP contribution in [0.3, 0.4) is 0 Å². The third-order valence-electron chi connectivity index (χ3n) is 1.90. The highest BCUT2D eigenvalue weighted by Crippen LogP contribution is 2.07. The molecule has 72 valence electrons. The SMILES string of the molecule is CC[N+](CCF)(COC)C(=O)O. The number of carboxylic acid groups (broad SMARTS) is 1. The summed E-state index contributed by atoms with van der Waals surface area (Å²) in [6, 6.07) is 0. The topological polar surface area (TPSA) is 46.5 Å². The molecule has 1 atom stereocenters. The van der Waals surface area contributed by atoms with Crippen molar-refractivity contribution in [1.29, 1.82) is 0 Å². The Labute approximate surface area is 71.1 Å². The Kier molecular flexibility index (Phi) is 4.77. The molecule has 0 aromatic heterocycles. The van der Waals surface area contributed by atoms with Gasteiger partial charge in [-0.05, 0) is 6.92 Å². The van der Waals surface area contributed by atoms with Gasteiger partial charge in [-0.3, -0.25) is 0 Å². The fourth-order valence-corrected chi connectivity index (χ4v) is 1.01. The zero-order valence-electron chi connectivity index (χ0n) is 7.42. The summed E-state index contributed by atoms with van der Waals surface area (Å²) in [5, 5.41) is 8.81. The van der Waals surface area contributed by atoms with Crippen LogP contribution in [-0.4, -0.2) is 49.3 Å². The fraction of sp³-hybridized carbons (Fsp3) is 0.857. The number of rotatable bonds is 5. The van der Waals surface area contributed by atoms with Gasteiger partial charge in [0, 0.05) is 7.11 Å². The Bertz CT molecular complexity index is 146. The van der Waals surface area contributed by atoms with Crippen molar-refractivity contribution in [3.8, 4) is 0 Å². The third kappa shape index (κ3) is 2.42. The highest BCUT2D eigenvalue weighted by atomic mass is 19.1. The van der Waals surface area contributed by atoms with Crippen molar-refractivity contribution < 1.29 is 23.5 Å². The van der Waals surface area contributed by atoms with Gasteiger partial charge in [0.1, 0.15) is 13.2 Å². The zero-order valence-corrected chi connectivity index (χ0v) is 7.42. The summed E-state index contributed by atoms with van der Waals surface area (Å²) < 4.78 is 16.4. The van der Waals surface area contributed by atoms with E-state index in [1.165, 1.54) is 7.11 Å². The van der Waals surface area contributed by atoms with E-state index in [1.54, 1.807) is 6.92 Å². The maximum Gasteiger partial charge on any atom is 0.515 e. The second-order valence-electron chi connectivity index (χ2n) is 2.57. The molecule has 5 heteroatoms. The molecule has 0 aromatic carbocycles. The predicted molar refractivity (Wildman–Crippen MR) is 41.5 cm³/mol. The number of hydrogen-bond donors (Lipinski definition) is 1. The number of carbonyl (C=O) groups is 1. The average molecular weight is 180 g/mol. The van der Waals surface area contributed by atoms with E-state index >= 15 is 0 Å². The molecule has 0 spiro atoms. The maximum absolute atomic E-state index is 12.0. The van der Waals surface area contributed by atoms with Crippen LogP contribution in [0.1, 0.15) is 6.92 Å². The van der Waals surface area contributed by atoms with Gasteiger partial charge in [-0.2, -0.15) is 9.28 Å². The highest BCUT2D eigenvalue weighted by Gasteiger charge is 2.34. The number of quaternary nitrogens is 1. The zero-order chi connectivity index (χ0) is 9.61. The third-order valence-corrected chi connectivity index (χ3v) is 1.90. The van der Waals surface area contributed by atoms with E-state index in [1.807, 2.05) is 0 Å². The lowest BCUT2D eigenvalue weighted by Crippen LogP contribution is -2.54. The monoisotopic (exact) mass is 180 g/mol. The van der Waals surface area contributed by atoms with Gasteiger partial charge in [-0.25, -0.2) is 4.39 Å². The Morgan fingerprint density at radius 3 is 2.50 bits per heavy atom. The first-order chi connectivity index (χ1) is 5.63. The molecule has 0 radical (unpaired) electrons. The van der Waals surface area contributed by atoms with Crippen molar-refractivity contribution in [2.24, 2.45) is 0 Å². The molecule has 0 aliphatic carbocycles. The van der Waals surface area contributed by atoms with E-state index in [0.29, 0.717) is 6.54 Å². The lowest BCUT2D eigenvalue weighted by molar-refractivity contribution is -0.875. The molecule has 12 heavy (non-hydrogen) atoms. The van der Waals surface area contributed by atoms with Gasteiger partial charge < -0.3 is 9.84 Å². The molecule has 0 bridgehead atoms. The first-order valence-corrected chi connectivity index (χ1v) is 3.77. The number of ether oxygens (including phenoxy) is 1. The molecule has 1 N–H and O–H groups in total. The minimum Gasteiger partial charge on any atom is -0.435 e. The van der Waals surface area contributed by atoms with E-state index in [9.17, 15) is 9.18 Å². The Morgan fingerprint density at radius 2 is 2.25 bits per heavy atom. The van der Waals surface area contributed by atoms with Gasteiger partial charge in [-0.1, -0.05) is 0 Å². The number of amides is 1. The van der Waals surface area contributed by atoms with Crippen LogP contribution in [0.25, 0.3) is 0 Å². The number of methoxy groups -OCH3 is 1. The van der Waals surface area contributed by atoms with Crippen LogP contribution in [0.5, 0.6) is 0 Å². The van der Waals surface area contributed by atoms with E-state index in [4.69, 9.17) is 9.84 Å². The molecular formula is C7H15FNO3+. The van der Waals surface area contributed by atoms with Crippen LogP contribution in [0.4, 0.5) is 9.18 Å². The first kappa shape index (κ1) is 11.3. The molecule has 0 aliphatic heterocycles. The normalized spacial score (nSPS) is 15.6. The molecule has 1 amide bonds. The molecule has 0 aromatic rings. The summed E-state index contributed by atoms with van der Waals surface area (Å²) in [5.74, 6) is 0. The number of halogens is 1. The molecule has 0 saturated heterocycles. The summed E-state index contributed by atoms with van der Waals surface area (Å²) >= 11 is 0. The molecule has 0 aliphatic rings. The summed E-state index contributed by atoms with van der Waals surface area (Å²) in [4.78, 5) is 10.8. The van der Waals surface area contributed by atoms with Crippen LogP contribution in [0.2, 0.25) is 0 Å². The van der Waals surface area contributed by atoms with Gasteiger partial charge in [0.2, 0.25) is 0 Å². The minimum atomic E-state index is -1.04. The van der Waals surface area contributed by atoms with Crippen LogP contribution in [-0.2, 0) is 4.74 Å². The van der Waals surface area contributed by atoms with Crippen molar-refractivity contribution >= 4 is 6.09 Å². The summed E-state index contributed by atoms with van der Waals surface area (Å²) in [6.07, 6.45) is -1.04. The van der Waals surface area contributed by atoms with Gasteiger partial charge in [0.15, 0.2) is 6.73 Å². The van der Waals surface area contributed by atoms with Crippen molar-refractivity contribution in [3.05, 3.63) is 0 Å². The van der Waals surface area contributed by atoms with E-state index < -0.39 is 12.8 Å². The highest BCUT2D eigenvalue weighted by molar-refractivity contribution is 5.56. The van der Waals surface area contributed by atoms with Crippen molar-refractivity contribution in [2.75, 3.05) is 33.6 Å². The summed E-state index contributed by atoms with van der Waals surface area (Å²) in [6.45, 7) is 1.34. The standard InChI is InChI=1S/C7H14FNO3/c1-3-9(5-4-8,6-12-2)7(10)11/h3-6H2,1-2H3/p+1. The lowest BCUT2D eigenvalue weighted by atomic mass is 10.4. The molecule has 0 fully saturated rings. The molecule has 4 nitrogen and oxygen atoms in total. The summed E-state index contributed by atoms with van der Waals surface area (Å²) in [7, 11) is 1.41. The quantitative estimate of drug-likeness (QED) is 0.508. The fourth-order valence-electron chi connectivity index (χ4n) is 1.01. The lowest BCUT2D eigenvalue weighted by Gasteiger charge is -2.29. The maximum atomic E-state index is 12.0. The molecule has 0 rings (SSSR count). The van der Waals surface area contributed by atoms with Gasteiger partial charge >= 0.3 is 6.09 Å². The molecule has 1 unspecified atom stereocenters. The largest absolute Gasteiger partial charge is 0.515 e. The number of alkyl halides is 1. The van der Waals surface area contributed by atoms with Crippen molar-refractivity contribution in [1.82, 2.24) is 0 Å². The first-order valence-electron chi connectivity index (χ1n) is 3.77. The van der Waals surface area contributed by atoms with E-state index in [0.717, 1.165) is 0 Å². The van der Waals surface area contributed by atoms with Gasteiger partial charge in [0.25, 0.3) is 0 Å². The van der Waals surface area contributed by atoms with Crippen molar-refractivity contribution in [3.63, 3.8) is 0 Å². The van der Waals surface area contributed by atoms with Crippen LogP contribution >= 0.6 is 0 Å². The Morgan fingerprint density at radius 1 is 1.67 bits per heavy atom. The molecular weight excluding hydrogens is 165 g/mol. The Balaban J connectivity index is 4.39. The molecule has 0 saturated carbocycles. The molecule has 0 heterocycles. The second kappa shape index (κ2) is 5.05. The van der Waals surface area contributed by atoms with Gasteiger partial charge in [-0.15, -0.1) is 0 Å². The number of nitrogens with zero attached hydrogens (tertiary/aromatic N) is 1. The second-order valence-corrected chi connectivity index (χ2v) is 2.57. The van der Waals surface area contributed by atoms with E-state index in [-0.39, 0.29) is 17.8 Å². The number of hydrogen-bond acceptors (Lipinski definition) is 2. The van der Waals surface area contributed by atoms with Crippen LogP contribution in [0.15, 0.2) is 0 Å². The predicted octanol–water partition coefficient (Wildman–Crippen LogP) is 1.07. The van der Waals surface area contributed by atoms with E-state index in [2.05, 4.69) is 0 Å². The Hall–Kier alpha value is -0.680. The smallest absolute Gasteiger partial charge is 0.435 e.